The van der Waals surface area contributed by atoms with Gasteiger partial charge in [0.15, 0.2) is 0 Å². The van der Waals surface area contributed by atoms with E-state index in [1.165, 1.54) is 11.6 Å². The molecule has 3 rings (SSSR count). The summed E-state index contributed by atoms with van der Waals surface area (Å²) in [6, 6.07) is 15.0. The van der Waals surface area contributed by atoms with Gasteiger partial charge in [-0.1, -0.05) is 35.3 Å². The molecular formula is C21H19Cl2N3O. The van der Waals surface area contributed by atoms with Crippen LogP contribution in [0.2, 0.25) is 10.0 Å². The van der Waals surface area contributed by atoms with E-state index in [9.17, 15) is 4.79 Å². The number of carbonyl (C=O) groups is 1. The lowest BCUT2D eigenvalue weighted by Crippen LogP contribution is -2.18. The average Bonchev–Trinajstić information content (AvgIpc) is 2.88. The molecule has 2 aromatic carbocycles. The van der Waals surface area contributed by atoms with Gasteiger partial charge in [-0.05, 0) is 62.7 Å². The van der Waals surface area contributed by atoms with Crippen molar-refractivity contribution in [1.82, 2.24) is 9.99 Å². The minimum absolute atomic E-state index is 0.285. The largest absolute Gasteiger partial charge is 0.318 e. The molecule has 0 bridgehead atoms. The topological polar surface area (TPSA) is 46.4 Å². The lowest BCUT2D eigenvalue weighted by Gasteiger charge is -2.10. The van der Waals surface area contributed by atoms with E-state index in [1.807, 2.05) is 26.0 Å². The number of hydrogen-bond donors (Lipinski definition) is 1. The van der Waals surface area contributed by atoms with Gasteiger partial charge in [-0.2, -0.15) is 5.10 Å². The molecular weight excluding hydrogens is 381 g/mol. The van der Waals surface area contributed by atoms with Gasteiger partial charge in [-0.25, -0.2) is 5.43 Å². The second kappa shape index (κ2) is 7.99. The van der Waals surface area contributed by atoms with Crippen molar-refractivity contribution in [1.29, 1.82) is 0 Å². The number of hydrogen-bond acceptors (Lipinski definition) is 2. The Bertz CT molecular complexity index is 1040. The molecule has 6 heteroatoms. The Balaban J connectivity index is 1.80. The Morgan fingerprint density at radius 1 is 1.07 bits per heavy atom. The highest BCUT2D eigenvalue weighted by atomic mass is 35.5. The number of benzene rings is 2. The first kappa shape index (κ1) is 19.2. The quantitative estimate of drug-likeness (QED) is 0.458. The van der Waals surface area contributed by atoms with Crippen LogP contribution in [0.25, 0.3) is 5.69 Å². The van der Waals surface area contributed by atoms with Crippen molar-refractivity contribution in [2.24, 2.45) is 5.10 Å². The smallest absolute Gasteiger partial charge is 0.272 e. The lowest BCUT2D eigenvalue weighted by atomic mass is 10.2. The van der Waals surface area contributed by atoms with Crippen molar-refractivity contribution in [3.63, 3.8) is 0 Å². The SMILES string of the molecule is Cc1cccc(-n2c(C)cc(/C=N\NC(=O)c3ccc(Cl)cc3Cl)c2C)c1. The molecule has 0 spiro atoms. The van der Waals surface area contributed by atoms with E-state index in [1.54, 1.807) is 18.3 Å². The molecule has 138 valence electrons. The number of halogens is 2. The molecule has 3 aromatic rings. The fourth-order valence-electron chi connectivity index (χ4n) is 2.98. The molecule has 0 saturated carbocycles. The van der Waals surface area contributed by atoms with Gasteiger partial charge in [0.1, 0.15) is 0 Å². The fraction of sp³-hybridized carbons (Fsp3) is 0.143. The molecule has 1 heterocycles. The summed E-state index contributed by atoms with van der Waals surface area (Å²) < 4.78 is 2.16. The molecule has 0 unspecified atom stereocenters. The molecule has 1 amide bonds. The number of nitrogens with zero attached hydrogens (tertiary/aromatic N) is 2. The van der Waals surface area contributed by atoms with Crippen molar-refractivity contribution in [3.05, 3.63) is 86.7 Å². The maximum absolute atomic E-state index is 12.2. The van der Waals surface area contributed by atoms with Gasteiger partial charge in [0.05, 0.1) is 16.8 Å². The molecule has 0 aliphatic heterocycles. The van der Waals surface area contributed by atoms with Gasteiger partial charge in [0.25, 0.3) is 5.91 Å². The van der Waals surface area contributed by atoms with Crippen molar-refractivity contribution >= 4 is 35.3 Å². The highest BCUT2D eigenvalue weighted by molar-refractivity contribution is 6.36. The van der Waals surface area contributed by atoms with Gasteiger partial charge in [0, 0.05) is 27.7 Å². The first-order valence-electron chi connectivity index (χ1n) is 8.41. The molecule has 0 saturated heterocycles. The van der Waals surface area contributed by atoms with Crippen molar-refractivity contribution in [2.75, 3.05) is 0 Å². The van der Waals surface area contributed by atoms with Gasteiger partial charge >= 0.3 is 0 Å². The number of nitrogens with one attached hydrogen (secondary N) is 1. The third-order valence-electron chi connectivity index (χ3n) is 4.28. The van der Waals surface area contributed by atoms with Crippen LogP contribution in [0.1, 0.15) is 32.9 Å². The molecule has 0 aliphatic carbocycles. The number of amides is 1. The summed E-state index contributed by atoms with van der Waals surface area (Å²) in [6.45, 7) is 6.13. The Morgan fingerprint density at radius 3 is 2.56 bits per heavy atom. The van der Waals surface area contributed by atoms with E-state index >= 15 is 0 Å². The Labute approximate surface area is 168 Å². The van der Waals surface area contributed by atoms with Crippen LogP contribution in [-0.2, 0) is 0 Å². The predicted octanol–water partition coefficient (Wildman–Crippen LogP) is 5.47. The lowest BCUT2D eigenvalue weighted by molar-refractivity contribution is 0.0955. The van der Waals surface area contributed by atoms with E-state index < -0.39 is 0 Å². The molecule has 4 nitrogen and oxygen atoms in total. The zero-order valence-electron chi connectivity index (χ0n) is 15.3. The molecule has 1 aromatic heterocycles. The van der Waals surface area contributed by atoms with E-state index in [-0.39, 0.29) is 10.9 Å². The monoisotopic (exact) mass is 399 g/mol. The minimum atomic E-state index is -0.389. The second-order valence-corrected chi connectivity index (χ2v) is 7.17. The number of aromatic nitrogens is 1. The summed E-state index contributed by atoms with van der Waals surface area (Å²) in [5.41, 5.74) is 8.18. The second-order valence-electron chi connectivity index (χ2n) is 6.32. The first-order valence-corrected chi connectivity index (χ1v) is 9.17. The number of carbonyl (C=O) groups excluding carboxylic acids is 1. The summed E-state index contributed by atoms with van der Waals surface area (Å²) in [4.78, 5) is 12.2. The normalized spacial score (nSPS) is 11.1. The molecule has 0 aliphatic rings. The van der Waals surface area contributed by atoms with Crippen LogP contribution in [0.4, 0.5) is 0 Å². The van der Waals surface area contributed by atoms with Gasteiger partial charge < -0.3 is 4.57 Å². The van der Waals surface area contributed by atoms with Crippen molar-refractivity contribution in [3.8, 4) is 5.69 Å². The molecule has 1 N–H and O–H groups in total. The zero-order chi connectivity index (χ0) is 19.6. The van der Waals surface area contributed by atoms with E-state index in [0.29, 0.717) is 10.6 Å². The molecule has 0 radical (unpaired) electrons. The minimum Gasteiger partial charge on any atom is -0.318 e. The Morgan fingerprint density at radius 2 is 1.85 bits per heavy atom. The van der Waals surface area contributed by atoms with Crippen molar-refractivity contribution in [2.45, 2.75) is 20.8 Å². The number of hydrazone groups is 1. The molecule has 0 fully saturated rings. The van der Waals surface area contributed by atoms with E-state index in [2.05, 4.69) is 40.2 Å². The van der Waals surface area contributed by atoms with E-state index in [4.69, 9.17) is 23.2 Å². The van der Waals surface area contributed by atoms with Crippen LogP contribution in [0, 0.1) is 20.8 Å². The fourth-order valence-corrected chi connectivity index (χ4v) is 3.47. The van der Waals surface area contributed by atoms with Crippen molar-refractivity contribution < 1.29 is 4.79 Å². The third kappa shape index (κ3) is 4.24. The highest BCUT2D eigenvalue weighted by Crippen LogP contribution is 2.22. The predicted molar refractivity (Wildman–Crippen MR) is 112 cm³/mol. The van der Waals surface area contributed by atoms with Crippen LogP contribution < -0.4 is 5.43 Å². The standard InChI is InChI=1S/C21H19Cl2N3O/c1-13-5-4-6-18(9-13)26-14(2)10-16(15(26)3)12-24-25-21(27)19-8-7-17(22)11-20(19)23/h4-12H,1-3H3,(H,25,27)/b24-12-. The summed E-state index contributed by atoms with van der Waals surface area (Å²) >= 11 is 11.9. The van der Waals surface area contributed by atoms with Gasteiger partial charge in [-0.15, -0.1) is 0 Å². The average molecular weight is 400 g/mol. The van der Waals surface area contributed by atoms with Crippen LogP contribution in [-0.4, -0.2) is 16.7 Å². The Kier molecular flexibility index (Phi) is 5.68. The summed E-state index contributed by atoms with van der Waals surface area (Å²) in [6.07, 6.45) is 1.64. The molecule has 0 atom stereocenters. The summed E-state index contributed by atoms with van der Waals surface area (Å²) in [5.74, 6) is -0.389. The van der Waals surface area contributed by atoms with Gasteiger partial charge in [-0.3, -0.25) is 4.79 Å². The van der Waals surface area contributed by atoms with Crippen LogP contribution in [0.15, 0.2) is 53.6 Å². The summed E-state index contributed by atoms with van der Waals surface area (Å²) in [7, 11) is 0. The maximum Gasteiger partial charge on any atom is 0.272 e. The summed E-state index contributed by atoms with van der Waals surface area (Å²) in [5, 5.41) is 4.84. The number of rotatable bonds is 4. The number of aryl methyl sites for hydroxylation is 2. The van der Waals surface area contributed by atoms with Crippen LogP contribution >= 0.6 is 23.2 Å². The third-order valence-corrected chi connectivity index (χ3v) is 4.82. The molecule has 27 heavy (non-hydrogen) atoms. The highest BCUT2D eigenvalue weighted by Gasteiger charge is 2.11. The van der Waals surface area contributed by atoms with Crippen LogP contribution in [0.3, 0.4) is 0 Å². The Hall–Kier alpha value is -2.56. The van der Waals surface area contributed by atoms with E-state index in [0.717, 1.165) is 22.6 Å². The van der Waals surface area contributed by atoms with Gasteiger partial charge in [0.2, 0.25) is 0 Å². The zero-order valence-corrected chi connectivity index (χ0v) is 16.8. The maximum atomic E-state index is 12.2. The van der Waals surface area contributed by atoms with Crippen LogP contribution in [0.5, 0.6) is 0 Å². The first-order chi connectivity index (χ1) is 12.9.